The number of nitriles is 1. The Morgan fingerprint density at radius 3 is 2.58 bits per heavy atom. The van der Waals surface area contributed by atoms with Gasteiger partial charge in [-0.15, -0.1) is 15.9 Å². The van der Waals surface area contributed by atoms with E-state index in [1.807, 2.05) is 45.9 Å². The number of pyridine rings is 1. The number of para-hydroxylation sites is 1. The number of fused-ring (bicyclic) bond motifs is 1. The van der Waals surface area contributed by atoms with E-state index in [4.69, 9.17) is 15.0 Å². The Kier molecular flexibility index (Phi) is 7.63. The average Bonchev–Trinajstić information content (AvgIpc) is 3.40. The lowest BCUT2D eigenvalue weighted by molar-refractivity contribution is 0.357. The van der Waals surface area contributed by atoms with E-state index >= 15 is 0 Å². The number of hydrogen-bond acceptors (Lipinski definition) is 6. The summed E-state index contributed by atoms with van der Waals surface area (Å²) < 4.78 is 36.0. The van der Waals surface area contributed by atoms with Crippen LogP contribution in [0.1, 0.15) is 28.2 Å². The van der Waals surface area contributed by atoms with E-state index in [1.54, 1.807) is 31.6 Å². The summed E-state index contributed by atoms with van der Waals surface area (Å²) in [4.78, 5) is 6.62. The van der Waals surface area contributed by atoms with E-state index in [9.17, 15) is 8.78 Å². The van der Waals surface area contributed by atoms with Crippen LogP contribution in [0.15, 0.2) is 91.4 Å². The molecule has 0 saturated heterocycles. The molecule has 0 aliphatic heterocycles. The van der Waals surface area contributed by atoms with Crippen LogP contribution >= 0.6 is 0 Å². The Morgan fingerprint density at radius 1 is 1.05 bits per heavy atom. The maximum absolute atomic E-state index is 14.8. The van der Waals surface area contributed by atoms with E-state index in [1.165, 1.54) is 12.1 Å². The molecule has 2 aromatic heterocycles. The number of ether oxygens (including phenoxy) is 1. The van der Waals surface area contributed by atoms with Gasteiger partial charge in [-0.3, -0.25) is 0 Å². The van der Waals surface area contributed by atoms with Crippen LogP contribution in [0.25, 0.3) is 16.6 Å². The third kappa shape index (κ3) is 5.58. The van der Waals surface area contributed by atoms with E-state index in [0.29, 0.717) is 40.6 Å². The molecule has 3 aromatic carbocycles. The topological polar surface area (TPSA) is 79.9 Å². The fourth-order valence-corrected chi connectivity index (χ4v) is 4.45. The molecule has 0 fully saturated rings. The number of methoxy groups -OCH3 is 1. The molecule has 0 bridgehead atoms. The van der Waals surface area contributed by atoms with Gasteiger partial charge in [-0.2, -0.15) is 5.26 Å². The number of benzene rings is 3. The molecule has 0 spiro atoms. The molecule has 0 atom stereocenters. The third-order valence-electron chi connectivity index (χ3n) is 6.46. The van der Waals surface area contributed by atoms with E-state index < -0.39 is 11.6 Å². The number of nitrogens with zero attached hydrogens (tertiary/aromatic N) is 6. The summed E-state index contributed by atoms with van der Waals surface area (Å²) in [6.45, 7) is 4.62. The van der Waals surface area contributed by atoms with Crippen molar-refractivity contribution in [1.29, 1.82) is 5.26 Å². The van der Waals surface area contributed by atoms with Gasteiger partial charge in [0.1, 0.15) is 29.4 Å². The Balaban J connectivity index is 1.54. The molecule has 0 radical (unpaired) electrons. The number of rotatable bonds is 9. The van der Waals surface area contributed by atoms with Gasteiger partial charge >= 0.3 is 0 Å². The summed E-state index contributed by atoms with van der Waals surface area (Å²) in [6, 6.07) is 22.2. The summed E-state index contributed by atoms with van der Waals surface area (Å²) in [5.41, 5.74) is 6.49. The van der Waals surface area contributed by atoms with Gasteiger partial charge < -0.3 is 14.2 Å². The minimum atomic E-state index is -0.670. The SMILES string of the molecule is C=C=C(c1cc(OC)c2ccccc2n1)N(Cc1ccc(F)cc1F)Cc1nncn1Cc1ccc(C#N)cc1. The molecule has 0 aliphatic rings. The van der Waals surface area contributed by atoms with Crippen LogP contribution in [0, 0.1) is 23.0 Å². The second kappa shape index (κ2) is 11.6. The molecule has 5 rings (SSSR count). The first-order valence-corrected chi connectivity index (χ1v) is 12.4. The third-order valence-corrected chi connectivity index (χ3v) is 6.46. The van der Waals surface area contributed by atoms with Gasteiger partial charge in [0.2, 0.25) is 0 Å². The van der Waals surface area contributed by atoms with Gasteiger partial charge in [0.05, 0.1) is 43.0 Å². The molecular formula is C31H24F2N6O. The highest BCUT2D eigenvalue weighted by Crippen LogP contribution is 2.30. The molecule has 9 heteroatoms. The van der Waals surface area contributed by atoms with Crippen molar-refractivity contribution in [2.24, 2.45) is 0 Å². The van der Waals surface area contributed by atoms with Crippen molar-refractivity contribution in [1.82, 2.24) is 24.6 Å². The first kappa shape index (κ1) is 26.3. The smallest absolute Gasteiger partial charge is 0.152 e. The highest BCUT2D eigenvalue weighted by Gasteiger charge is 2.21. The van der Waals surface area contributed by atoms with Crippen LogP contribution < -0.4 is 4.74 Å². The van der Waals surface area contributed by atoms with Gasteiger partial charge in [0, 0.05) is 29.6 Å². The van der Waals surface area contributed by atoms with Crippen molar-refractivity contribution >= 4 is 16.6 Å². The summed E-state index contributed by atoms with van der Waals surface area (Å²) in [6.07, 6.45) is 1.61. The Bertz CT molecular complexity index is 1770. The Morgan fingerprint density at radius 2 is 1.85 bits per heavy atom. The van der Waals surface area contributed by atoms with Gasteiger partial charge in [0.25, 0.3) is 0 Å². The second-order valence-corrected chi connectivity index (χ2v) is 9.03. The van der Waals surface area contributed by atoms with Gasteiger partial charge in [-0.25, -0.2) is 13.8 Å². The minimum absolute atomic E-state index is 0.0600. The predicted octanol–water partition coefficient (Wildman–Crippen LogP) is 5.86. The van der Waals surface area contributed by atoms with Crippen molar-refractivity contribution in [3.63, 3.8) is 0 Å². The van der Waals surface area contributed by atoms with Crippen molar-refractivity contribution in [3.8, 4) is 11.8 Å². The molecule has 0 N–H and O–H groups in total. The van der Waals surface area contributed by atoms with Crippen LogP contribution in [0.5, 0.6) is 5.75 Å². The van der Waals surface area contributed by atoms with E-state index in [0.717, 1.165) is 17.0 Å². The van der Waals surface area contributed by atoms with Gasteiger partial charge in [-0.1, -0.05) is 36.9 Å². The molecular weight excluding hydrogens is 510 g/mol. The largest absolute Gasteiger partial charge is 0.496 e. The molecule has 2 heterocycles. The summed E-state index contributed by atoms with van der Waals surface area (Å²) in [5.74, 6) is -0.121. The lowest BCUT2D eigenvalue weighted by atomic mass is 10.1. The maximum atomic E-state index is 14.8. The van der Waals surface area contributed by atoms with E-state index in [-0.39, 0.29) is 18.7 Å². The summed E-state index contributed by atoms with van der Waals surface area (Å²) >= 11 is 0. The molecule has 0 aliphatic carbocycles. The fourth-order valence-electron chi connectivity index (χ4n) is 4.45. The van der Waals surface area contributed by atoms with Crippen LogP contribution in [-0.4, -0.2) is 31.8 Å². The highest BCUT2D eigenvalue weighted by atomic mass is 19.1. The molecule has 198 valence electrons. The monoisotopic (exact) mass is 534 g/mol. The average molecular weight is 535 g/mol. The zero-order valence-electron chi connectivity index (χ0n) is 21.7. The van der Waals surface area contributed by atoms with Crippen molar-refractivity contribution in [2.45, 2.75) is 19.6 Å². The first-order chi connectivity index (χ1) is 19.5. The molecule has 0 amide bonds. The normalized spacial score (nSPS) is 10.7. The molecule has 40 heavy (non-hydrogen) atoms. The van der Waals surface area contributed by atoms with Crippen LogP contribution in [0.2, 0.25) is 0 Å². The predicted molar refractivity (Wildman–Crippen MR) is 147 cm³/mol. The lowest BCUT2D eigenvalue weighted by Crippen LogP contribution is -2.24. The number of aromatic nitrogens is 4. The van der Waals surface area contributed by atoms with Crippen LogP contribution in [0.3, 0.4) is 0 Å². The number of hydrogen-bond donors (Lipinski definition) is 0. The number of halogens is 2. The maximum Gasteiger partial charge on any atom is 0.152 e. The molecule has 0 unspecified atom stereocenters. The van der Waals surface area contributed by atoms with Crippen LogP contribution in [-0.2, 0) is 19.6 Å². The zero-order valence-corrected chi connectivity index (χ0v) is 21.7. The Hall–Kier alpha value is -5.32. The van der Waals surface area contributed by atoms with Gasteiger partial charge in [-0.05, 0) is 35.9 Å². The quantitative estimate of drug-likeness (QED) is 0.220. The molecule has 5 aromatic rings. The standard InChI is InChI=1S/C31H24F2N6O/c1-3-29(28-15-30(40-2)25-6-4-5-7-27(25)36-28)38(18-23-12-13-24(32)14-26(23)33)19-31-37-35-20-39(31)17-22-10-8-21(16-34)9-11-22/h4-15,20H,1,17-19H2,2H3. The van der Waals surface area contributed by atoms with Crippen LogP contribution in [0.4, 0.5) is 8.78 Å². The van der Waals surface area contributed by atoms with Crippen molar-refractivity contribution in [2.75, 3.05) is 7.11 Å². The van der Waals surface area contributed by atoms with E-state index in [2.05, 4.69) is 28.6 Å². The highest BCUT2D eigenvalue weighted by molar-refractivity contribution is 5.87. The fraction of sp³-hybridized carbons (Fsp3) is 0.129. The van der Waals surface area contributed by atoms with Crippen molar-refractivity contribution < 1.29 is 13.5 Å². The van der Waals surface area contributed by atoms with Crippen molar-refractivity contribution in [3.05, 3.63) is 131 Å². The molecule has 0 saturated carbocycles. The minimum Gasteiger partial charge on any atom is -0.496 e. The zero-order chi connectivity index (χ0) is 28.1. The first-order valence-electron chi connectivity index (χ1n) is 12.4. The molecule has 7 nitrogen and oxygen atoms in total. The summed E-state index contributed by atoms with van der Waals surface area (Å²) in [7, 11) is 1.58. The lowest BCUT2D eigenvalue weighted by Gasteiger charge is -2.26. The second-order valence-electron chi connectivity index (χ2n) is 9.03. The Labute approximate surface area is 229 Å². The van der Waals surface area contributed by atoms with Gasteiger partial charge in [0.15, 0.2) is 5.82 Å². The summed E-state index contributed by atoms with van der Waals surface area (Å²) in [5, 5.41) is 18.3.